The zero-order valence-corrected chi connectivity index (χ0v) is 8.77. The van der Waals surface area contributed by atoms with Gasteiger partial charge in [-0.15, -0.1) is 0 Å². The van der Waals surface area contributed by atoms with E-state index in [1.54, 1.807) is 6.07 Å². The highest BCUT2D eigenvalue weighted by Crippen LogP contribution is 2.42. The van der Waals surface area contributed by atoms with Gasteiger partial charge in [0.15, 0.2) is 11.5 Å². The van der Waals surface area contributed by atoms with Gasteiger partial charge in [-0.2, -0.15) is 0 Å². The van der Waals surface area contributed by atoms with Gasteiger partial charge in [0.05, 0.1) is 6.10 Å². The topological polar surface area (TPSA) is 60.7 Å². The highest BCUT2D eigenvalue weighted by Gasteiger charge is 2.29. The van der Waals surface area contributed by atoms with Gasteiger partial charge in [-0.25, -0.2) is 0 Å². The molecule has 0 aromatic heterocycles. The summed E-state index contributed by atoms with van der Waals surface area (Å²) < 4.78 is 0. The van der Waals surface area contributed by atoms with Gasteiger partial charge in [0, 0.05) is 5.56 Å². The van der Waals surface area contributed by atoms with Crippen LogP contribution in [0.3, 0.4) is 0 Å². The first kappa shape index (κ1) is 10.3. The van der Waals surface area contributed by atoms with Gasteiger partial charge < -0.3 is 15.3 Å². The third-order valence-corrected chi connectivity index (χ3v) is 3.35. The van der Waals surface area contributed by atoms with Crippen molar-refractivity contribution in [3.63, 3.8) is 0 Å². The van der Waals surface area contributed by atoms with Crippen molar-refractivity contribution in [2.24, 2.45) is 5.92 Å². The van der Waals surface area contributed by atoms with Crippen molar-refractivity contribution in [3.05, 3.63) is 23.3 Å². The highest BCUT2D eigenvalue weighted by atomic mass is 16.3. The first-order valence-corrected chi connectivity index (χ1v) is 5.37. The molecule has 2 rings (SSSR count). The van der Waals surface area contributed by atoms with Gasteiger partial charge in [0.25, 0.3) is 0 Å². The lowest BCUT2D eigenvalue weighted by atomic mass is 9.80. The van der Waals surface area contributed by atoms with E-state index in [4.69, 9.17) is 0 Å². The Morgan fingerprint density at radius 2 is 2.07 bits per heavy atom. The molecule has 82 valence electrons. The number of benzene rings is 1. The van der Waals surface area contributed by atoms with Crippen LogP contribution in [0.4, 0.5) is 0 Å². The summed E-state index contributed by atoms with van der Waals surface area (Å²) >= 11 is 0. The van der Waals surface area contributed by atoms with Crippen molar-refractivity contribution in [2.45, 2.75) is 32.3 Å². The van der Waals surface area contributed by atoms with Crippen LogP contribution < -0.4 is 0 Å². The quantitative estimate of drug-likeness (QED) is 0.619. The van der Waals surface area contributed by atoms with Crippen LogP contribution in [0.5, 0.6) is 11.5 Å². The molecule has 1 aromatic carbocycles. The molecule has 0 radical (unpaired) electrons. The van der Waals surface area contributed by atoms with Gasteiger partial charge in [-0.3, -0.25) is 0 Å². The zero-order chi connectivity index (χ0) is 11.0. The summed E-state index contributed by atoms with van der Waals surface area (Å²) in [6.07, 6.45) is 2.01. The molecule has 15 heavy (non-hydrogen) atoms. The molecule has 0 saturated heterocycles. The summed E-state index contributed by atoms with van der Waals surface area (Å²) in [5, 5.41) is 29.1. The normalized spacial score (nSPS) is 24.9. The van der Waals surface area contributed by atoms with E-state index in [9.17, 15) is 15.3 Å². The second-order valence-corrected chi connectivity index (χ2v) is 4.15. The van der Waals surface area contributed by atoms with E-state index in [-0.39, 0.29) is 17.4 Å². The van der Waals surface area contributed by atoms with Gasteiger partial charge in [0.2, 0.25) is 0 Å². The molecule has 2 atom stereocenters. The lowest BCUT2D eigenvalue weighted by Crippen LogP contribution is -2.19. The molecule has 0 bridgehead atoms. The summed E-state index contributed by atoms with van der Waals surface area (Å²) in [4.78, 5) is 0. The van der Waals surface area contributed by atoms with Crippen molar-refractivity contribution in [2.75, 3.05) is 0 Å². The molecule has 3 heteroatoms. The Labute approximate surface area is 89.0 Å². The molecule has 0 saturated carbocycles. The van der Waals surface area contributed by atoms with E-state index < -0.39 is 6.10 Å². The summed E-state index contributed by atoms with van der Waals surface area (Å²) in [5.41, 5.74) is 1.47. The predicted molar refractivity (Wildman–Crippen MR) is 56.8 cm³/mol. The van der Waals surface area contributed by atoms with E-state index in [0.29, 0.717) is 5.56 Å². The minimum Gasteiger partial charge on any atom is -0.504 e. The number of hydrogen-bond donors (Lipinski definition) is 3. The molecular weight excluding hydrogens is 192 g/mol. The number of phenols is 2. The van der Waals surface area contributed by atoms with Crippen LogP contribution in [-0.4, -0.2) is 15.3 Å². The minimum absolute atomic E-state index is 0.0684. The molecular formula is C12H16O3. The Morgan fingerprint density at radius 1 is 1.33 bits per heavy atom. The van der Waals surface area contributed by atoms with Crippen molar-refractivity contribution < 1.29 is 15.3 Å². The van der Waals surface area contributed by atoms with Crippen LogP contribution in [0.25, 0.3) is 0 Å². The molecule has 3 nitrogen and oxygen atoms in total. The number of aliphatic hydroxyl groups excluding tert-OH is 1. The molecule has 0 unspecified atom stereocenters. The van der Waals surface area contributed by atoms with Crippen LogP contribution in [-0.2, 0) is 6.42 Å². The highest BCUT2D eigenvalue weighted by molar-refractivity contribution is 5.50. The fourth-order valence-electron chi connectivity index (χ4n) is 2.35. The van der Waals surface area contributed by atoms with E-state index in [1.807, 2.05) is 0 Å². The number of rotatable bonds is 1. The zero-order valence-electron chi connectivity index (χ0n) is 8.77. The van der Waals surface area contributed by atoms with Gasteiger partial charge in [-0.05, 0) is 30.4 Å². The van der Waals surface area contributed by atoms with Crippen LogP contribution in [0, 0.1) is 5.92 Å². The van der Waals surface area contributed by atoms with Gasteiger partial charge >= 0.3 is 0 Å². The molecule has 1 aromatic rings. The first-order chi connectivity index (χ1) is 7.15. The minimum atomic E-state index is -0.509. The van der Waals surface area contributed by atoms with Crippen molar-refractivity contribution in [1.82, 2.24) is 0 Å². The van der Waals surface area contributed by atoms with Crippen LogP contribution >= 0.6 is 0 Å². The molecule has 0 fully saturated rings. The third-order valence-electron chi connectivity index (χ3n) is 3.35. The predicted octanol–water partition coefficient (Wildman–Crippen LogP) is 2.10. The molecule has 0 amide bonds. The molecule has 1 aliphatic carbocycles. The number of aliphatic hydroxyl groups is 1. The maximum atomic E-state index is 10.0. The summed E-state index contributed by atoms with van der Waals surface area (Å²) in [6, 6.07) is 3.15. The van der Waals surface area contributed by atoms with Crippen LogP contribution in [0.2, 0.25) is 0 Å². The Kier molecular flexibility index (Phi) is 2.57. The van der Waals surface area contributed by atoms with E-state index in [0.717, 1.165) is 24.8 Å². The fourth-order valence-corrected chi connectivity index (χ4v) is 2.35. The molecule has 1 aliphatic rings. The standard InChI is InChI=1S/C12H16O3/c1-2-7-3-4-9-8(11(7)14)5-6-10(13)12(9)15/h5-7,11,13-15H,2-4H2,1H3/t7-,11+/m1/s1. The monoisotopic (exact) mass is 208 g/mol. The fraction of sp³-hybridized carbons (Fsp3) is 0.500. The summed E-state index contributed by atoms with van der Waals surface area (Å²) in [7, 11) is 0. The first-order valence-electron chi connectivity index (χ1n) is 5.37. The lowest BCUT2D eigenvalue weighted by molar-refractivity contribution is 0.0905. The summed E-state index contributed by atoms with van der Waals surface area (Å²) in [6.45, 7) is 2.05. The second kappa shape index (κ2) is 3.74. The van der Waals surface area contributed by atoms with E-state index in [1.165, 1.54) is 6.07 Å². The SMILES string of the molecule is CC[C@@H]1CCc2c(ccc(O)c2O)[C@H]1O. The summed E-state index contributed by atoms with van der Waals surface area (Å²) in [5.74, 6) is 0.0958. The Balaban J connectivity index is 2.45. The van der Waals surface area contributed by atoms with Crippen molar-refractivity contribution >= 4 is 0 Å². The average Bonchev–Trinajstić information content (AvgIpc) is 2.24. The van der Waals surface area contributed by atoms with Gasteiger partial charge in [0.1, 0.15) is 0 Å². The molecule has 3 N–H and O–H groups in total. The van der Waals surface area contributed by atoms with Crippen LogP contribution in [0.15, 0.2) is 12.1 Å². The number of fused-ring (bicyclic) bond motifs is 1. The van der Waals surface area contributed by atoms with E-state index >= 15 is 0 Å². The van der Waals surface area contributed by atoms with Gasteiger partial charge in [-0.1, -0.05) is 19.4 Å². The van der Waals surface area contributed by atoms with E-state index in [2.05, 4.69) is 6.92 Å². The number of hydrogen-bond acceptors (Lipinski definition) is 3. The smallest absolute Gasteiger partial charge is 0.161 e. The lowest BCUT2D eigenvalue weighted by Gasteiger charge is -2.29. The Hall–Kier alpha value is -1.22. The number of aromatic hydroxyl groups is 2. The number of phenolic OH excluding ortho intramolecular Hbond substituents is 2. The molecule has 0 aliphatic heterocycles. The average molecular weight is 208 g/mol. The van der Waals surface area contributed by atoms with Crippen molar-refractivity contribution in [1.29, 1.82) is 0 Å². The van der Waals surface area contributed by atoms with Crippen LogP contribution in [0.1, 0.15) is 37.0 Å². The maximum Gasteiger partial charge on any atom is 0.161 e. The molecule has 0 spiro atoms. The molecule has 0 heterocycles. The Morgan fingerprint density at radius 3 is 2.73 bits per heavy atom. The second-order valence-electron chi connectivity index (χ2n) is 4.15. The maximum absolute atomic E-state index is 10.0. The third kappa shape index (κ3) is 1.57. The Bertz CT molecular complexity index is 373. The largest absolute Gasteiger partial charge is 0.504 e. The van der Waals surface area contributed by atoms with Crippen molar-refractivity contribution in [3.8, 4) is 11.5 Å².